The second kappa shape index (κ2) is 10.2. The molecule has 2 aromatic carbocycles. The highest BCUT2D eigenvalue weighted by atomic mass is 35.5. The highest BCUT2D eigenvalue weighted by molar-refractivity contribution is 6.41. The largest absolute Gasteiger partial charge is 0.495 e. The number of carbonyl (C=O) groups is 1. The molecule has 0 radical (unpaired) electrons. The molecule has 0 unspecified atom stereocenters. The molecule has 5 rings (SSSR count). The Hall–Kier alpha value is -3.49. The molecule has 0 atom stereocenters. The van der Waals surface area contributed by atoms with Crippen molar-refractivity contribution in [3.8, 4) is 22.8 Å². The molecule has 0 aliphatic carbocycles. The fourth-order valence-electron chi connectivity index (χ4n) is 4.40. The SMILES string of the molecule is COc1cc(OC)c(Cl)c(-c2ccc3c(NC(=O)c4ccc(N5CCCCC5)cc4)n[nH]c3n2)c1Cl. The number of pyridine rings is 1. The molecule has 1 aliphatic rings. The van der Waals surface area contributed by atoms with Gasteiger partial charge in [-0.25, -0.2) is 4.98 Å². The summed E-state index contributed by atoms with van der Waals surface area (Å²) in [5.74, 6) is 0.966. The van der Waals surface area contributed by atoms with Gasteiger partial charge in [0.2, 0.25) is 0 Å². The zero-order valence-electron chi connectivity index (χ0n) is 19.9. The number of H-pyrrole nitrogens is 1. The minimum Gasteiger partial charge on any atom is -0.495 e. The number of hydrogen-bond acceptors (Lipinski definition) is 6. The van der Waals surface area contributed by atoms with E-state index in [1.165, 1.54) is 33.5 Å². The molecular formula is C26H25Cl2N5O3. The normalized spacial score (nSPS) is 13.6. The molecular weight excluding hydrogens is 501 g/mol. The van der Waals surface area contributed by atoms with Crippen LogP contribution < -0.4 is 19.7 Å². The lowest BCUT2D eigenvalue weighted by Crippen LogP contribution is -2.29. The number of nitrogens with zero attached hydrogens (tertiary/aromatic N) is 3. The minimum absolute atomic E-state index is 0.249. The van der Waals surface area contributed by atoms with Gasteiger partial charge in [-0.2, -0.15) is 5.10 Å². The van der Waals surface area contributed by atoms with Crippen LogP contribution in [0.15, 0.2) is 42.5 Å². The van der Waals surface area contributed by atoms with Crippen LogP contribution in [0.4, 0.5) is 11.5 Å². The van der Waals surface area contributed by atoms with E-state index >= 15 is 0 Å². The summed E-state index contributed by atoms with van der Waals surface area (Å²) >= 11 is 13.1. The lowest BCUT2D eigenvalue weighted by atomic mass is 10.1. The van der Waals surface area contributed by atoms with E-state index in [9.17, 15) is 4.79 Å². The molecule has 36 heavy (non-hydrogen) atoms. The Bertz CT molecular complexity index is 1390. The van der Waals surface area contributed by atoms with E-state index in [1.54, 1.807) is 18.2 Å². The maximum Gasteiger partial charge on any atom is 0.256 e. The van der Waals surface area contributed by atoms with Gasteiger partial charge < -0.3 is 19.7 Å². The standard InChI is InChI=1S/C26H25Cl2N5O3/c1-35-19-14-20(36-2)23(28)21(22(19)27)18-11-10-17-24(29-18)31-32-25(17)30-26(34)15-6-8-16(9-7-15)33-12-4-3-5-13-33/h6-11,14H,3-5,12-13H2,1-2H3,(H2,29,30,31,32,34). The van der Waals surface area contributed by atoms with Crippen molar-refractivity contribution in [2.45, 2.75) is 19.3 Å². The maximum absolute atomic E-state index is 12.9. The topological polar surface area (TPSA) is 92.4 Å². The van der Waals surface area contributed by atoms with Crippen molar-refractivity contribution in [1.29, 1.82) is 0 Å². The van der Waals surface area contributed by atoms with Crippen molar-refractivity contribution < 1.29 is 14.3 Å². The smallest absolute Gasteiger partial charge is 0.256 e. The molecule has 0 saturated carbocycles. The number of halogens is 2. The van der Waals surface area contributed by atoms with Crippen LogP contribution in [0.1, 0.15) is 29.6 Å². The summed E-state index contributed by atoms with van der Waals surface area (Å²) in [6.07, 6.45) is 3.68. The van der Waals surface area contributed by atoms with Crippen molar-refractivity contribution in [2.24, 2.45) is 0 Å². The molecule has 3 heterocycles. The first-order chi connectivity index (χ1) is 17.5. The Morgan fingerprint density at radius 3 is 2.28 bits per heavy atom. The third-order valence-electron chi connectivity index (χ3n) is 6.34. The van der Waals surface area contributed by atoms with Crippen molar-refractivity contribution in [3.05, 3.63) is 58.1 Å². The van der Waals surface area contributed by atoms with Gasteiger partial charge in [0, 0.05) is 36.0 Å². The van der Waals surface area contributed by atoms with Crippen LogP contribution in [-0.4, -0.2) is 48.4 Å². The fraction of sp³-hybridized carbons (Fsp3) is 0.269. The van der Waals surface area contributed by atoms with E-state index < -0.39 is 0 Å². The molecule has 1 fully saturated rings. The number of anilines is 2. The predicted octanol–water partition coefficient (Wildman–Crippen LogP) is 6.19. The highest BCUT2D eigenvalue weighted by Gasteiger charge is 2.21. The Balaban J connectivity index is 1.39. The molecule has 2 aromatic heterocycles. The van der Waals surface area contributed by atoms with E-state index in [4.69, 9.17) is 32.7 Å². The van der Waals surface area contributed by atoms with Crippen LogP contribution in [0.5, 0.6) is 11.5 Å². The van der Waals surface area contributed by atoms with Crippen LogP contribution in [-0.2, 0) is 0 Å². The van der Waals surface area contributed by atoms with Gasteiger partial charge in [0.05, 0.1) is 35.3 Å². The number of fused-ring (bicyclic) bond motifs is 1. The molecule has 1 amide bonds. The first-order valence-electron chi connectivity index (χ1n) is 11.6. The summed E-state index contributed by atoms with van der Waals surface area (Å²) in [4.78, 5) is 19.9. The Morgan fingerprint density at radius 1 is 0.972 bits per heavy atom. The fourth-order valence-corrected chi connectivity index (χ4v) is 5.10. The average Bonchev–Trinajstić information content (AvgIpc) is 3.31. The summed E-state index contributed by atoms with van der Waals surface area (Å²) in [5.41, 5.74) is 3.14. The summed E-state index contributed by atoms with van der Waals surface area (Å²) < 4.78 is 10.7. The number of carbonyl (C=O) groups excluding carboxylic acids is 1. The molecule has 10 heteroatoms. The van der Waals surface area contributed by atoms with E-state index in [2.05, 4.69) is 25.4 Å². The molecule has 2 N–H and O–H groups in total. The van der Waals surface area contributed by atoms with Crippen molar-refractivity contribution >= 4 is 51.6 Å². The van der Waals surface area contributed by atoms with Gasteiger partial charge in [0.1, 0.15) is 11.5 Å². The minimum atomic E-state index is -0.249. The monoisotopic (exact) mass is 525 g/mol. The van der Waals surface area contributed by atoms with Gasteiger partial charge in [-0.3, -0.25) is 9.89 Å². The predicted molar refractivity (Wildman–Crippen MR) is 143 cm³/mol. The first-order valence-corrected chi connectivity index (χ1v) is 12.4. The van der Waals surface area contributed by atoms with Crippen molar-refractivity contribution in [2.75, 3.05) is 37.5 Å². The lowest BCUT2D eigenvalue weighted by Gasteiger charge is -2.28. The Labute approximate surface area is 218 Å². The molecule has 1 aliphatic heterocycles. The summed E-state index contributed by atoms with van der Waals surface area (Å²) in [5, 5.41) is 11.3. The number of aromatic nitrogens is 3. The summed E-state index contributed by atoms with van der Waals surface area (Å²) in [6.45, 7) is 2.11. The molecule has 1 saturated heterocycles. The Kier molecular flexibility index (Phi) is 6.89. The van der Waals surface area contributed by atoms with Crippen LogP contribution in [0, 0.1) is 0 Å². The number of ether oxygens (including phenoxy) is 2. The van der Waals surface area contributed by atoms with Gasteiger partial charge in [-0.15, -0.1) is 0 Å². The number of nitrogens with one attached hydrogen (secondary N) is 2. The van der Waals surface area contributed by atoms with Crippen molar-refractivity contribution in [3.63, 3.8) is 0 Å². The van der Waals surface area contributed by atoms with E-state index in [-0.39, 0.29) is 5.91 Å². The van der Waals surface area contributed by atoms with Crippen LogP contribution >= 0.6 is 23.2 Å². The molecule has 8 nitrogen and oxygen atoms in total. The number of aromatic amines is 1. The summed E-state index contributed by atoms with van der Waals surface area (Å²) in [7, 11) is 3.03. The highest BCUT2D eigenvalue weighted by Crippen LogP contribution is 2.45. The number of benzene rings is 2. The van der Waals surface area contributed by atoms with Gasteiger partial charge >= 0.3 is 0 Å². The number of piperidine rings is 1. The van der Waals surface area contributed by atoms with Crippen LogP contribution in [0.25, 0.3) is 22.3 Å². The van der Waals surface area contributed by atoms with Gasteiger partial charge in [0.15, 0.2) is 11.5 Å². The van der Waals surface area contributed by atoms with E-state index in [0.29, 0.717) is 55.2 Å². The molecule has 4 aromatic rings. The second-order valence-electron chi connectivity index (χ2n) is 8.50. The van der Waals surface area contributed by atoms with Crippen LogP contribution in [0.3, 0.4) is 0 Å². The quantitative estimate of drug-likeness (QED) is 0.311. The maximum atomic E-state index is 12.9. The van der Waals surface area contributed by atoms with Crippen LogP contribution in [0.2, 0.25) is 10.0 Å². The average molecular weight is 526 g/mol. The number of amides is 1. The third kappa shape index (κ3) is 4.54. The zero-order valence-corrected chi connectivity index (χ0v) is 21.4. The van der Waals surface area contributed by atoms with Gasteiger partial charge in [0.25, 0.3) is 5.91 Å². The van der Waals surface area contributed by atoms with Crippen molar-refractivity contribution in [1.82, 2.24) is 15.2 Å². The van der Waals surface area contributed by atoms with E-state index in [0.717, 1.165) is 18.8 Å². The lowest BCUT2D eigenvalue weighted by molar-refractivity contribution is 0.102. The molecule has 0 spiro atoms. The van der Waals surface area contributed by atoms with Gasteiger partial charge in [-0.1, -0.05) is 23.2 Å². The summed E-state index contributed by atoms with van der Waals surface area (Å²) in [6, 6.07) is 12.8. The second-order valence-corrected chi connectivity index (χ2v) is 9.25. The van der Waals surface area contributed by atoms with E-state index in [1.807, 2.05) is 24.3 Å². The van der Waals surface area contributed by atoms with Gasteiger partial charge in [-0.05, 0) is 55.7 Å². The zero-order chi connectivity index (χ0) is 25.2. The molecule has 0 bridgehead atoms. The number of hydrogen-bond donors (Lipinski definition) is 2. The Morgan fingerprint density at radius 2 is 1.64 bits per heavy atom. The number of methoxy groups -OCH3 is 2. The molecule has 186 valence electrons. The third-order valence-corrected chi connectivity index (χ3v) is 7.09. The number of rotatable bonds is 6. The first kappa shape index (κ1) is 24.2.